The molecule has 4 nitrogen and oxygen atoms in total. The molecule has 104 valence electrons. The fraction of sp³-hybridized carbons (Fsp3) is 0.583. The van der Waals surface area contributed by atoms with Crippen molar-refractivity contribution < 1.29 is 4.79 Å². The van der Waals surface area contributed by atoms with E-state index in [2.05, 4.69) is 4.90 Å². The minimum atomic E-state index is -0.433. The molecule has 0 aliphatic heterocycles. The van der Waals surface area contributed by atoms with Crippen LogP contribution in [0.25, 0.3) is 0 Å². The average molecular weight is 292 g/mol. The molecule has 0 aliphatic carbocycles. The molecule has 1 unspecified atom stereocenters. The molecule has 0 bridgehead atoms. The number of amides is 1. The molecule has 0 saturated heterocycles. The highest BCUT2D eigenvalue weighted by Crippen LogP contribution is 2.12. The van der Waals surface area contributed by atoms with Crippen molar-refractivity contribution in [1.29, 1.82) is 0 Å². The van der Waals surface area contributed by atoms with E-state index in [0.29, 0.717) is 13.1 Å². The summed E-state index contributed by atoms with van der Waals surface area (Å²) in [6, 6.07) is 3.61. The van der Waals surface area contributed by atoms with Crippen molar-refractivity contribution in [1.82, 2.24) is 9.80 Å². The maximum atomic E-state index is 12.0. The van der Waals surface area contributed by atoms with E-state index in [9.17, 15) is 4.79 Å². The lowest BCUT2D eigenvalue weighted by Crippen LogP contribution is -2.44. The third-order valence-corrected chi connectivity index (χ3v) is 3.31. The van der Waals surface area contributed by atoms with Gasteiger partial charge in [-0.05, 0) is 32.5 Å². The number of carbonyl (C=O) groups excluding carboxylic acids is 1. The number of thiophene rings is 1. The fourth-order valence-corrected chi connectivity index (χ4v) is 2.19. The van der Waals surface area contributed by atoms with Gasteiger partial charge in [0.25, 0.3) is 0 Å². The highest BCUT2D eigenvalue weighted by molar-refractivity contribution is 7.09. The Balaban J connectivity index is 0.00000289. The van der Waals surface area contributed by atoms with Crippen molar-refractivity contribution >= 4 is 29.7 Å². The molecule has 1 heterocycles. The van der Waals surface area contributed by atoms with Crippen LogP contribution < -0.4 is 5.73 Å². The van der Waals surface area contributed by atoms with Crippen molar-refractivity contribution in [2.24, 2.45) is 5.73 Å². The first-order chi connectivity index (χ1) is 8.00. The van der Waals surface area contributed by atoms with Gasteiger partial charge in [-0.2, -0.15) is 0 Å². The molecule has 1 rings (SSSR count). The molecular formula is C12H22ClN3OS. The summed E-state index contributed by atoms with van der Waals surface area (Å²) in [6.45, 7) is 3.96. The average Bonchev–Trinajstić information content (AvgIpc) is 2.75. The second kappa shape index (κ2) is 8.48. The van der Waals surface area contributed by atoms with Crippen LogP contribution in [-0.2, 0) is 11.3 Å². The van der Waals surface area contributed by atoms with Crippen molar-refractivity contribution in [3.63, 3.8) is 0 Å². The molecule has 0 spiro atoms. The van der Waals surface area contributed by atoms with Crippen LogP contribution in [0.3, 0.4) is 0 Å². The maximum absolute atomic E-state index is 12.0. The van der Waals surface area contributed by atoms with Crippen LogP contribution in [0.4, 0.5) is 0 Å². The number of likely N-dealkylation sites (N-methyl/N-ethyl adjacent to an activating group) is 1. The zero-order chi connectivity index (χ0) is 12.8. The molecule has 1 atom stereocenters. The first-order valence-corrected chi connectivity index (χ1v) is 6.60. The van der Waals surface area contributed by atoms with Gasteiger partial charge in [0, 0.05) is 18.0 Å². The van der Waals surface area contributed by atoms with Crippen molar-refractivity contribution in [3.05, 3.63) is 22.4 Å². The van der Waals surface area contributed by atoms with Gasteiger partial charge < -0.3 is 15.5 Å². The zero-order valence-electron chi connectivity index (χ0n) is 11.1. The lowest BCUT2D eigenvalue weighted by atomic mass is 10.3. The lowest BCUT2D eigenvalue weighted by Gasteiger charge is -2.25. The maximum Gasteiger partial charge on any atom is 0.239 e. The number of hydrogen-bond donors (Lipinski definition) is 1. The summed E-state index contributed by atoms with van der Waals surface area (Å²) < 4.78 is 0. The van der Waals surface area contributed by atoms with Gasteiger partial charge in [0.15, 0.2) is 0 Å². The topological polar surface area (TPSA) is 49.6 Å². The predicted octanol–water partition coefficient (Wildman–Crippen LogP) is 1.41. The van der Waals surface area contributed by atoms with Crippen LogP contribution in [0, 0.1) is 0 Å². The standard InChI is InChI=1S/C12H21N3OS.ClH/c1-10(13)12(16)15(7-6-14(2)3)9-11-5-4-8-17-11;/h4-5,8,10H,6-7,9,13H2,1-3H3;1H. The number of nitrogens with zero attached hydrogens (tertiary/aromatic N) is 2. The Morgan fingerprint density at radius 1 is 1.44 bits per heavy atom. The quantitative estimate of drug-likeness (QED) is 0.862. The largest absolute Gasteiger partial charge is 0.335 e. The van der Waals surface area contributed by atoms with Crippen molar-refractivity contribution in [2.45, 2.75) is 19.5 Å². The molecule has 0 aromatic carbocycles. The highest BCUT2D eigenvalue weighted by Gasteiger charge is 2.17. The van der Waals surface area contributed by atoms with E-state index >= 15 is 0 Å². The van der Waals surface area contributed by atoms with Crippen molar-refractivity contribution in [2.75, 3.05) is 27.2 Å². The van der Waals surface area contributed by atoms with Crippen molar-refractivity contribution in [3.8, 4) is 0 Å². The van der Waals surface area contributed by atoms with E-state index in [-0.39, 0.29) is 18.3 Å². The van der Waals surface area contributed by atoms with E-state index in [4.69, 9.17) is 5.73 Å². The summed E-state index contributed by atoms with van der Waals surface area (Å²) in [6.07, 6.45) is 0. The summed E-state index contributed by atoms with van der Waals surface area (Å²) >= 11 is 1.67. The van der Waals surface area contributed by atoms with Gasteiger partial charge in [0.2, 0.25) is 5.91 Å². The minimum Gasteiger partial charge on any atom is -0.335 e. The van der Waals surface area contributed by atoms with Crippen LogP contribution >= 0.6 is 23.7 Å². The number of nitrogens with two attached hydrogens (primary N) is 1. The number of carbonyl (C=O) groups is 1. The molecule has 1 aromatic rings. The molecule has 0 saturated carbocycles. The molecule has 0 radical (unpaired) electrons. The van der Waals surface area contributed by atoms with Crippen LogP contribution in [0.2, 0.25) is 0 Å². The SMILES string of the molecule is CC(N)C(=O)N(CCN(C)C)Cc1cccs1.Cl. The Kier molecular flexibility index (Phi) is 8.18. The lowest BCUT2D eigenvalue weighted by molar-refractivity contribution is -0.132. The second-order valence-corrected chi connectivity index (χ2v) is 5.46. The Bertz CT molecular complexity index is 341. The fourth-order valence-electron chi connectivity index (χ4n) is 1.47. The summed E-state index contributed by atoms with van der Waals surface area (Å²) in [5, 5.41) is 2.02. The Morgan fingerprint density at radius 3 is 2.56 bits per heavy atom. The molecule has 2 N–H and O–H groups in total. The summed E-state index contributed by atoms with van der Waals surface area (Å²) in [4.78, 5) is 17.1. The van der Waals surface area contributed by atoms with E-state index < -0.39 is 6.04 Å². The minimum absolute atomic E-state index is 0. The first kappa shape index (κ1) is 17.4. The monoisotopic (exact) mass is 291 g/mol. The Hall–Kier alpha value is -0.620. The Labute approximate surface area is 119 Å². The van der Waals surface area contributed by atoms with E-state index in [1.807, 2.05) is 36.5 Å². The third-order valence-electron chi connectivity index (χ3n) is 2.45. The van der Waals surface area contributed by atoms with E-state index in [1.165, 1.54) is 4.88 Å². The molecule has 1 amide bonds. The summed E-state index contributed by atoms with van der Waals surface area (Å²) in [5.41, 5.74) is 5.67. The molecule has 0 aliphatic rings. The van der Waals surface area contributed by atoms with Gasteiger partial charge in [-0.15, -0.1) is 23.7 Å². The molecule has 0 fully saturated rings. The molecule has 6 heteroatoms. The second-order valence-electron chi connectivity index (χ2n) is 4.43. The molecule has 18 heavy (non-hydrogen) atoms. The molecular weight excluding hydrogens is 270 g/mol. The third kappa shape index (κ3) is 5.82. The van der Waals surface area contributed by atoms with Crippen LogP contribution in [-0.4, -0.2) is 48.9 Å². The number of hydrogen-bond acceptors (Lipinski definition) is 4. The Morgan fingerprint density at radius 2 is 2.11 bits per heavy atom. The summed E-state index contributed by atoms with van der Waals surface area (Å²) in [7, 11) is 4.00. The van der Waals surface area contributed by atoms with Gasteiger partial charge in [-0.3, -0.25) is 4.79 Å². The van der Waals surface area contributed by atoms with Gasteiger partial charge in [0.1, 0.15) is 0 Å². The first-order valence-electron chi connectivity index (χ1n) is 5.72. The van der Waals surface area contributed by atoms with Gasteiger partial charge in [0.05, 0.1) is 12.6 Å². The van der Waals surface area contributed by atoms with Gasteiger partial charge >= 0.3 is 0 Å². The van der Waals surface area contributed by atoms with E-state index in [0.717, 1.165) is 6.54 Å². The molecule has 1 aromatic heterocycles. The summed E-state index contributed by atoms with van der Waals surface area (Å²) in [5.74, 6) is 0.0141. The van der Waals surface area contributed by atoms with Crippen LogP contribution in [0.15, 0.2) is 17.5 Å². The highest BCUT2D eigenvalue weighted by atomic mass is 35.5. The normalized spacial score (nSPS) is 12.1. The van der Waals surface area contributed by atoms with Crippen LogP contribution in [0.5, 0.6) is 0 Å². The van der Waals surface area contributed by atoms with E-state index in [1.54, 1.807) is 18.3 Å². The predicted molar refractivity (Wildman–Crippen MR) is 79.2 cm³/mol. The number of halogens is 1. The smallest absolute Gasteiger partial charge is 0.239 e. The van der Waals surface area contributed by atoms with Crippen LogP contribution in [0.1, 0.15) is 11.8 Å². The van der Waals surface area contributed by atoms with Gasteiger partial charge in [-0.1, -0.05) is 6.07 Å². The van der Waals surface area contributed by atoms with Gasteiger partial charge in [-0.25, -0.2) is 0 Å². The zero-order valence-corrected chi connectivity index (χ0v) is 12.8. The number of rotatable bonds is 6.